The first-order valence-electron chi connectivity index (χ1n) is 14.2. The van der Waals surface area contributed by atoms with Crippen LogP contribution in [0.4, 0.5) is 0 Å². The summed E-state index contributed by atoms with van der Waals surface area (Å²) >= 11 is 0. The molecular formula is C31H49NO8. The van der Waals surface area contributed by atoms with Gasteiger partial charge in [-0.05, 0) is 68.1 Å². The highest BCUT2D eigenvalue weighted by molar-refractivity contribution is 5.77. The normalized spacial score (nSPS) is 13.9. The maximum Gasteiger partial charge on any atom is 0.323 e. The lowest BCUT2D eigenvalue weighted by atomic mass is 9.92. The van der Waals surface area contributed by atoms with E-state index in [1.54, 1.807) is 26.0 Å². The summed E-state index contributed by atoms with van der Waals surface area (Å²) in [5, 5.41) is 0. The van der Waals surface area contributed by atoms with Crippen LogP contribution in [0.15, 0.2) is 18.2 Å². The third-order valence-corrected chi connectivity index (χ3v) is 6.02. The van der Waals surface area contributed by atoms with Crippen LogP contribution in [0.2, 0.25) is 0 Å². The molecule has 0 bridgehead atoms. The molecule has 0 aliphatic rings. The zero-order valence-corrected chi connectivity index (χ0v) is 25.7. The molecule has 0 saturated heterocycles. The van der Waals surface area contributed by atoms with E-state index < -0.39 is 36.2 Å². The average molecular weight is 564 g/mol. The van der Waals surface area contributed by atoms with Gasteiger partial charge in [0.05, 0.1) is 6.42 Å². The molecule has 0 saturated carbocycles. The van der Waals surface area contributed by atoms with Gasteiger partial charge in [-0.25, -0.2) is 0 Å². The molecule has 0 radical (unpaired) electrons. The highest BCUT2D eigenvalue weighted by Crippen LogP contribution is 2.30. The van der Waals surface area contributed by atoms with Crippen molar-refractivity contribution < 1.29 is 38.1 Å². The SMILES string of the molecule is CC(C)CCC(=O)Oc1ccc(C[C@H](N)C(=O)O[C@@H](C)C(C)OC(=O)CC(C)(C)C)cc1OC(=O)CCC(C)C. The third-order valence-electron chi connectivity index (χ3n) is 6.02. The van der Waals surface area contributed by atoms with Gasteiger partial charge in [0.15, 0.2) is 11.5 Å². The Labute approximate surface area is 239 Å². The highest BCUT2D eigenvalue weighted by Gasteiger charge is 2.26. The maximum absolute atomic E-state index is 12.7. The van der Waals surface area contributed by atoms with Gasteiger partial charge in [-0.15, -0.1) is 0 Å². The molecular weight excluding hydrogens is 514 g/mol. The van der Waals surface area contributed by atoms with Crippen LogP contribution >= 0.6 is 0 Å². The Morgan fingerprint density at radius 1 is 0.750 bits per heavy atom. The quantitative estimate of drug-likeness (QED) is 0.216. The van der Waals surface area contributed by atoms with E-state index in [-0.39, 0.29) is 48.6 Å². The molecule has 1 aromatic rings. The van der Waals surface area contributed by atoms with Gasteiger partial charge in [-0.3, -0.25) is 19.2 Å². The number of hydrogen-bond acceptors (Lipinski definition) is 9. The monoisotopic (exact) mass is 563 g/mol. The molecule has 3 atom stereocenters. The number of hydrogen-bond donors (Lipinski definition) is 1. The van der Waals surface area contributed by atoms with Crippen molar-refractivity contribution in [2.75, 3.05) is 0 Å². The van der Waals surface area contributed by atoms with Gasteiger partial charge in [0.2, 0.25) is 0 Å². The van der Waals surface area contributed by atoms with Crippen LogP contribution in [-0.2, 0) is 35.1 Å². The zero-order valence-electron chi connectivity index (χ0n) is 25.7. The van der Waals surface area contributed by atoms with Crippen LogP contribution in [0, 0.1) is 17.3 Å². The van der Waals surface area contributed by atoms with Crippen molar-refractivity contribution in [3.8, 4) is 11.5 Å². The number of esters is 4. The fourth-order valence-electron chi connectivity index (χ4n) is 3.49. The minimum Gasteiger partial charge on any atom is -0.459 e. The van der Waals surface area contributed by atoms with E-state index in [4.69, 9.17) is 24.7 Å². The third kappa shape index (κ3) is 14.4. The van der Waals surface area contributed by atoms with Gasteiger partial charge in [0.1, 0.15) is 18.2 Å². The van der Waals surface area contributed by atoms with Crippen LogP contribution in [0.3, 0.4) is 0 Å². The Kier molecular flexibility index (Phi) is 14.3. The molecule has 0 aliphatic heterocycles. The summed E-state index contributed by atoms with van der Waals surface area (Å²) in [4.78, 5) is 49.6. The van der Waals surface area contributed by atoms with E-state index in [1.165, 1.54) is 6.07 Å². The van der Waals surface area contributed by atoms with Gasteiger partial charge in [0, 0.05) is 12.8 Å². The van der Waals surface area contributed by atoms with Crippen LogP contribution in [0.5, 0.6) is 11.5 Å². The molecule has 9 nitrogen and oxygen atoms in total. The molecule has 0 amide bonds. The van der Waals surface area contributed by atoms with Crippen molar-refractivity contribution in [3.05, 3.63) is 23.8 Å². The lowest BCUT2D eigenvalue weighted by Gasteiger charge is -2.24. The Bertz CT molecular complexity index is 996. The molecule has 40 heavy (non-hydrogen) atoms. The smallest absolute Gasteiger partial charge is 0.323 e. The van der Waals surface area contributed by atoms with Crippen molar-refractivity contribution in [1.29, 1.82) is 0 Å². The topological polar surface area (TPSA) is 131 Å². The fraction of sp³-hybridized carbons (Fsp3) is 0.677. The molecule has 1 aromatic carbocycles. The summed E-state index contributed by atoms with van der Waals surface area (Å²) in [6.07, 6.45) is 0.752. The zero-order chi connectivity index (χ0) is 30.6. The van der Waals surface area contributed by atoms with Crippen LogP contribution in [-0.4, -0.2) is 42.1 Å². The standard InChI is InChI=1S/C31H49NO8/c1-19(2)10-14-27(33)39-25-13-12-23(17-26(25)40-28(34)15-11-20(3)4)16-24(32)30(36)38-22(6)21(5)37-29(35)18-31(7,8)9/h12-13,17,19-22,24H,10-11,14-16,18,32H2,1-9H3/t21?,22-,24-/m0/s1. The summed E-state index contributed by atoms with van der Waals surface area (Å²) in [7, 11) is 0. The first-order valence-corrected chi connectivity index (χ1v) is 14.2. The number of rotatable bonds is 15. The first-order chi connectivity index (χ1) is 18.5. The summed E-state index contributed by atoms with van der Waals surface area (Å²) in [5.41, 5.74) is 6.50. The van der Waals surface area contributed by atoms with Crippen LogP contribution in [0.25, 0.3) is 0 Å². The van der Waals surface area contributed by atoms with Crippen molar-refractivity contribution in [1.82, 2.24) is 0 Å². The first kappa shape index (κ1) is 35.1. The van der Waals surface area contributed by atoms with E-state index in [9.17, 15) is 19.2 Å². The predicted octanol–water partition coefficient (Wildman–Crippen LogP) is 5.54. The summed E-state index contributed by atoms with van der Waals surface area (Å²) in [6.45, 7) is 17.1. The second kappa shape index (κ2) is 16.4. The van der Waals surface area contributed by atoms with Gasteiger partial charge >= 0.3 is 23.9 Å². The van der Waals surface area contributed by atoms with E-state index in [0.717, 1.165) is 0 Å². The fourth-order valence-corrected chi connectivity index (χ4v) is 3.49. The minimum atomic E-state index is -1.02. The van der Waals surface area contributed by atoms with Crippen molar-refractivity contribution >= 4 is 23.9 Å². The van der Waals surface area contributed by atoms with Crippen molar-refractivity contribution in [2.24, 2.45) is 23.0 Å². The Morgan fingerprint density at radius 3 is 1.75 bits per heavy atom. The molecule has 226 valence electrons. The molecule has 1 rings (SSSR count). The molecule has 0 spiro atoms. The Morgan fingerprint density at radius 2 is 1.25 bits per heavy atom. The Balaban J connectivity index is 2.91. The second-order valence-corrected chi connectivity index (χ2v) is 12.5. The van der Waals surface area contributed by atoms with Gasteiger partial charge < -0.3 is 24.7 Å². The summed E-state index contributed by atoms with van der Waals surface area (Å²) in [5.74, 6) is -1.01. The molecule has 0 aromatic heterocycles. The van der Waals surface area contributed by atoms with E-state index in [1.807, 2.05) is 48.5 Å². The number of carbonyl (C=O) groups excluding carboxylic acids is 4. The minimum absolute atomic E-state index is 0.0852. The largest absolute Gasteiger partial charge is 0.459 e. The molecule has 0 fully saturated rings. The van der Waals surface area contributed by atoms with Gasteiger partial charge in [-0.1, -0.05) is 54.5 Å². The van der Waals surface area contributed by atoms with Crippen LogP contribution in [0.1, 0.15) is 100.0 Å². The van der Waals surface area contributed by atoms with Crippen molar-refractivity contribution in [3.63, 3.8) is 0 Å². The summed E-state index contributed by atoms with van der Waals surface area (Å²) < 4.78 is 21.9. The van der Waals surface area contributed by atoms with Gasteiger partial charge in [0.25, 0.3) is 0 Å². The van der Waals surface area contributed by atoms with Crippen LogP contribution < -0.4 is 15.2 Å². The predicted molar refractivity (Wildman–Crippen MR) is 153 cm³/mol. The van der Waals surface area contributed by atoms with Gasteiger partial charge in [-0.2, -0.15) is 0 Å². The van der Waals surface area contributed by atoms with E-state index >= 15 is 0 Å². The molecule has 0 heterocycles. The molecule has 1 unspecified atom stereocenters. The molecule has 2 N–H and O–H groups in total. The van der Waals surface area contributed by atoms with Crippen molar-refractivity contribution in [2.45, 2.75) is 119 Å². The molecule has 0 aliphatic carbocycles. The molecule has 9 heteroatoms. The lowest BCUT2D eigenvalue weighted by molar-refractivity contribution is -0.167. The second-order valence-electron chi connectivity index (χ2n) is 12.5. The maximum atomic E-state index is 12.7. The Hall–Kier alpha value is -2.94. The average Bonchev–Trinajstić information content (AvgIpc) is 2.81. The highest BCUT2D eigenvalue weighted by atomic mass is 16.6. The van der Waals surface area contributed by atoms with E-state index in [0.29, 0.717) is 30.2 Å². The van der Waals surface area contributed by atoms with E-state index in [2.05, 4.69) is 0 Å². The summed E-state index contributed by atoms with van der Waals surface area (Å²) in [6, 6.07) is 3.71. The number of nitrogens with two attached hydrogens (primary N) is 1. The number of benzene rings is 1. The number of ether oxygens (including phenoxy) is 4. The lowest BCUT2D eigenvalue weighted by Crippen LogP contribution is -2.39. The number of carbonyl (C=O) groups is 4.